The van der Waals surface area contributed by atoms with E-state index in [9.17, 15) is 0 Å². The van der Waals surface area contributed by atoms with Gasteiger partial charge in [0, 0.05) is 9.75 Å². The molecule has 0 aliphatic heterocycles. The molecule has 1 N–H and O–H groups in total. The standard InChI is InChI=1S/C14H15N3S2/c1-8-6-12(10(3)19-8)9(2)17-13-11-4-5-18-14(11)16-7-15-13/h4-7,9H,1-3H3,(H,15,16,17). The van der Waals surface area contributed by atoms with E-state index in [1.54, 1.807) is 17.7 Å². The summed E-state index contributed by atoms with van der Waals surface area (Å²) in [5.41, 5.74) is 1.35. The lowest BCUT2D eigenvalue weighted by Gasteiger charge is -2.15. The first-order chi connectivity index (χ1) is 9.15. The smallest absolute Gasteiger partial charge is 0.138 e. The van der Waals surface area contributed by atoms with Crippen molar-refractivity contribution in [1.29, 1.82) is 0 Å². The molecule has 0 radical (unpaired) electrons. The van der Waals surface area contributed by atoms with E-state index in [0.29, 0.717) is 0 Å². The molecule has 3 heterocycles. The fourth-order valence-electron chi connectivity index (χ4n) is 2.27. The molecule has 3 nitrogen and oxygen atoms in total. The van der Waals surface area contributed by atoms with Crippen molar-refractivity contribution in [3.63, 3.8) is 0 Å². The van der Waals surface area contributed by atoms with E-state index in [1.165, 1.54) is 15.3 Å². The van der Waals surface area contributed by atoms with Gasteiger partial charge >= 0.3 is 0 Å². The predicted molar refractivity (Wildman–Crippen MR) is 83.2 cm³/mol. The van der Waals surface area contributed by atoms with Gasteiger partial charge < -0.3 is 5.32 Å². The lowest BCUT2D eigenvalue weighted by Crippen LogP contribution is -2.08. The van der Waals surface area contributed by atoms with Crippen molar-refractivity contribution in [1.82, 2.24) is 9.97 Å². The summed E-state index contributed by atoms with van der Waals surface area (Å²) in [6.07, 6.45) is 1.62. The van der Waals surface area contributed by atoms with Crippen LogP contribution in [0.1, 0.15) is 28.3 Å². The molecule has 1 unspecified atom stereocenters. The number of thiophene rings is 2. The number of nitrogens with zero attached hydrogens (tertiary/aromatic N) is 2. The van der Waals surface area contributed by atoms with E-state index < -0.39 is 0 Å². The van der Waals surface area contributed by atoms with Crippen molar-refractivity contribution >= 4 is 38.7 Å². The second kappa shape index (κ2) is 4.90. The quantitative estimate of drug-likeness (QED) is 0.769. The first-order valence-corrected chi connectivity index (χ1v) is 7.86. The molecule has 3 rings (SSSR count). The Morgan fingerprint density at radius 2 is 2.11 bits per heavy atom. The van der Waals surface area contributed by atoms with E-state index in [-0.39, 0.29) is 6.04 Å². The number of anilines is 1. The summed E-state index contributed by atoms with van der Waals surface area (Å²) in [7, 11) is 0. The maximum absolute atomic E-state index is 4.37. The Morgan fingerprint density at radius 3 is 2.84 bits per heavy atom. The van der Waals surface area contributed by atoms with Gasteiger partial charge in [-0.3, -0.25) is 0 Å². The Balaban J connectivity index is 1.92. The van der Waals surface area contributed by atoms with Crippen molar-refractivity contribution in [2.45, 2.75) is 26.8 Å². The SMILES string of the molecule is Cc1cc(C(C)Nc2ncnc3sccc23)c(C)s1. The van der Waals surface area contributed by atoms with Gasteiger partial charge in [0.15, 0.2) is 0 Å². The molecule has 19 heavy (non-hydrogen) atoms. The summed E-state index contributed by atoms with van der Waals surface area (Å²) >= 11 is 3.49. The predicted octanol–water partition coefficient (Wildman–Crippen LogP) is 4.54. The molecule has 5 heteroatoms. The van der Waals surface area contributed by atoms with Crippen LogP contribution in [0, 0.1) is 13.8 Å². The molecule has 3 aromatic rings. The fourth-order valence-corrected chi connectivity index (χ4v) is 4.02. The van der Waals surface area contributed by atoms with Crippen molar-refractivity contribution in [3.8, 4) is 0 Å². The third-order valence-electron chi connectivity index (χ3n) is 3.16. The number of nitrogens with one attached hydrogen (secondary N) is 1. The van der Waals surface area contributed by atoms with Crippen LogP contribution in [0.15, 0.2) is 23.8 Å². The molecular weight excluding hydrogens is 274 g/mol. The molecule has 0 bridgehead atoms. The lowest BCUT2D eigenvalue weighted by molar-refractivity contribution is 0.873. The van der Waals surface area contributed by atoms with Crippen molar-refractivity contribution < 1.29 is 0 Å². The number of rotatable bonds is 3. The number of hydrogen-bond acceptors (Lipinski definition) is 5. The summed E-state index contributed by atoms with van der Waals surface area (Å²) in [6, 6.07) is 4.58. The van der Waals surface area contributed by atoms with Crippen LogP contribution in [-0.4, -0.2) is 9.97 Å². The Bertz CT molecular complexity index is 714. The van der Waals surface area contributed by atoms with Crippen LogP contribution in [0.5, 0.6) is 0 Å². The van der Waals surface area contributed by atoms with Gasteiger partial charge in [0.25, 0.3) is 0 Å². The van der Waals surface area contributed by atoms with Crippen LogP contribution in [0.4, 0.5) is 5.82 Å². The van der Waals surface area contributed by atoms with Gasteiger partial charge in [-0.25, -0.2) is 9.97 Å². The fraction of sp³-hybridized carbons (Fsp3) is 0.286. The van der Waals surface area contributed by atoms with E-state index in [0.717, 1.165) is 16.0 Å². The van der Waals surface area contributed by atoms with Crippen LogP contribution in [0.25, 0.3) is 10.2 Å². The molecule has 0 saturated heterocycles. The van der Waals surface area contributed by atoms with Crippen LogP contribution >= 0.6 is 22.7 Å². The summed E-state index contributed by atoms with van der Waals surface area (Å²) in [6.45, 7) is 6.50. The Kier molecular flexibility index (Phi) is 3.24. The number of aromatic nitrogens is 2. The maximum Gasteiger partial charge on any atom is 0.138 e. The molecule has 0 aromatic carbocycles. The van der Waals surface area contributed by atoms with Crippen molar-refractivity contribution in [2.24, 2.45) is 0 Å². The maximum atomic E-state index is 4.37. The highest BCUT2D eigenvalue weighted by Crippen LogP contribution is 2.30. The van der Waals surface area contributed by atoms with Gasteiger partial charge in [-0.2, -0.15) is 0 Å². The van der Waals surface area contributed by atoms with Crippen LogP contribution < -0.4 is 5.32 Å². The van der Waals surface area contributed by atoms with Crippen molar-refractivity contribution in [3.05, 3.63) is 39.2 Å². The molecule has 0 saturated carbocycles. The Hall–Kier alpha value is -1.46. The molecule has 0 fully saturated rings. The third-order valence-corrected chi connectivity index (χ3v) is 4.96. The number of aryl methyl sites for hydroxylation is 2. The zero-order valence-electron chi connectivity index (χ0n) is 11.1. The summed E-state index contributed by atoms with van der Waals surface area (Å²) < 4.78 is 0. The van der Waals surface area contributed by atoms with Gasteiger partial charge in [-0.1, -0.05) is 0 Å². The number of fused-ring (bicyclic) bond motifs is 1. The van der Waals surface area contributed by atoms with E-state index in [1.807, 2.05) is 11.3 Å². The molecule has 0 aliphatic carbocycles. The largest absolute Gasteiger partial charge is 0.363 e. The summed E-state index contributed by atoms with van der Waals surface area (Å²) in [4.78, 5) is 12.4. The minimum Gasteiger partial charge on any atom is -0.363 e. The first kappa shape index (κ1) is 12.6. The topological polar surface area (TPSA) is 37.8 Å². The van der Waals surface area contributed by atoms with E-state index >= 15 is 0 Å². The van der Waals surface area contributed by atoms with Gasteiger partial charge in [-0.15, -0.1) is 22.7 Å². The number of hydrogen-bond donors (Lipinski definition) is 1. The molecule has 0 amide bonds. The summed E-state index contributed by atoms with van der Waals surface area (Å²) in [5, 5.41) is 6.66. The monoisotopic (exact) mass is 289 g/mol. The minimum atomic E-state index is 0.253. The second-order valence-corrected chi connectivity index (χ2v) is 6.95. The first-order valence-electron chi connectivity index (χ1n) is 6.17. The van der Waals surface area contributed by atoms with Gasteiger partial charge in [-0.05, 0) is 43.8 Å². The van der Waals surface area contributed by atoms with Crippen molar-refractivity contribution in [2.75, 3.05) is 5.32 Å². The molecule has 3 aromatic heterocycles. The minimum absolute atomic E-state index is 0.253. The highest BCUT2D eigenvalue weighted by Gasteiger charge is 2.13. The van der Waals surface area contributed by atoms with Gasteiger partial charge in [0.2, 0.25) is 0 Å². The molecule has 98 valence electrons. The Morgan fingerprint density at radius 1 is 1.26 bits per heavy atom. The zero-order chi connectivity index (χ0) is 13.4. The van der Waals surface area contributed by atoms with E-state index in [2.05, 4.69) is 53.6 Å². The normalized spacial score (nSPS) is 12.8. The van der Waals surface area contributed by atoms with Crippen LogP contribution in [-0.2, 0) is 0 Å². The molecule has 0 spiro atoms. The Labute approximate surface area is 120 Å². The van der Waals surface area contributed by atoms with Gasteiger partial charge in [0.05, 0.1) is 11.4 Å². The summed E-state index contributed by atoms with van der Waals surface area (Å²) in [5.74, 6) is 0.919. The second-order valence-electron chi connectivity index (χ2n) is 4.60. The zero-order valence-corrected chi connectivity index (χ0v) is 12.7. The van der Waals surface area contributed by atoms with Crippen LogP contribution in [0.2, 0.25) is 0 Å². The average Bonchev–Trinajstić information content (AvgIpc) is 2.96. The van der Waals surface area contributed by atoms with Gasteiger partial charge in [0.1, 0.15) is 17.0 Å². The third kappa shape index (κ3) is 2.35. The highest BCUT2D eigenvalue weighted by atomic mass is 32.1. The molecule has 0 aliphatic rings. The van der Waals surface area contributed by atoms with Crippen LogP contribution in [0.3, 0.4) is 0 Å². The molecular formula is C14H15N3S2. The van der Waals surface area contributed by atoms with E-state index in [4.69, 9.17) is 0 Å². The highest BCUT2D eigenvalue weighted by molar-refractivity contribution is 7.16. The average molecular weight is 289 g/mol. The molecule has 1 atom stereocenters. The lowest BCUT2D eigenvalue weighted by atomic mass is 10.1.